The summed E-state index contributed by atoms with van der Waals surface area (Å²) in [5.41, 5.74) is 4.82. The molecule has 2 amide bonds. The molecular weight excluding hydrogens is 524 g/mol. The van der Waals surface area contributed by atoms with E-state index in [1.807, 2.05) is 70.2 Å². The Morgan fingerprint density at radius 3 is 2.10 bits per heavy atom. The number of nitrogens with zero attached hydrogens (tertiary/aromatic N) is 1. The minimum Gasteiger partial charge on any atom is -0.448 e. The third-order valence-electron chi connectivity index (χ3n) is 7.36. The molecular formula is C33H39ClN2O4. The molecule has 0 fully saturated rings. The highest BCUT2D eigenvalue weighted by atomic mass is 35.5. The van der Waals surface area contributed by atoms with Crippen LogP contribution in [0.3, 0.4) is 0 Å². The first-order chi connectivity index (χ1) is 19.1. The van der Waals surface area contributed by atoms with Crippen LogP contribution >= 0.6 is 11.6 Å². The Morgan fingerprint density at radius 1 is 0.950 bits per heavy atom. The summed E-state index contributed by atoms with van der Waals surface area (Å²) in [5, 5.41) is 3.56. The Hall–Kier alpha value is -3.51. The predicted molar refractivity (Wildman–Crippen MR) is 160 cm³/mol. The summed E-state index contributed by atoms with van der Waals surface area (Å²) in [6, 6.07) is 23.6. The van der Waals surface area contributed by atoms with E-state index in [1.165, 1.54) is 11.1 Å². The Morgan fingerprint density at radius 2 is 1.52 bits per heavy atom. The molecule has 2 atom stereocenters. The SMILES string of the molecule is CC[C@H](C)[C@@H](CN(Cc1ccccc1Cl)C(=O)OCC1c2ccccc2-c2ccccc21)NC(=O)OC(C)(C)C. The molecule has 0 unspecified atom stereocenters. The zero-order valence-electron chi connectivity index (χ0n) is 23.9. The Bertz CT molecular complexity index is 1290. The van der Waals surface area contributed by atoms with E-state index < -0.39 is 17.8 Å². The maximum absolute atomic E-state index is 13.7. The van der Waals surface area contributed by atoms with Crippen molar-refractivity contribution in [3.8, 4) is 11.1 Å². The van der Waals surface area contributed by atoms with Crippen LogP contribution in [0.4, 0.5) is 9.59 Å². The fourth-order valence-corrected chi connectivity index (χ4v) is 5.27. The molecule has 0 aliphatic heterocycles. The molecule has 40 heavy (non-hydrogen) atoms. The number of alkyl carbamates (subject to hydrolysis) is 1. The molecule has 6 nitrogen and oxygen atoms in total. The molecule has 0 heterocycles. The van der Waals surface area contributed by atoms with Crippen molar-refractivity contribution < 1.29 is 19.1 Å². The Kier molecular flexibility index (Phi) is 9.41. The molecule has 0 saturated carbocycles. The normalized spacial score (nSPS) is 14.1. The van der Waals surface area contributed by atoms with Gasteiger partial charge < -0.3 is 19.7 Å². The van der Waals surface area contributed by atoms with Crippen LogP contribution in [0.5, 0.6) is 0 Å². The fraction of sp³-hybridized carbons (Fsp3) is 0.394. The van der Waals surface area contributed by atoms with Crippen molar-refractivity contribution >= 4 is 23.8 Å². The summed E-state index contributed by atoms with van der Waals surface area (Å²) in [7, 11) is 0. The molecule has 4 rings (SSSR count). The highest BCUT2D eigenvalue weighted by Crippen LogP contribution is 2.44. The van der Waals surface area contributed by atoms with Gasteiger partial charge >= 0.3 is 12.2 Å². The number of halogens is 1. The molecule has 0 radical (unpaired) electrons. The summed E-state index contributed by atoms with van der Waals surface area (Å²) in [6.07, 6.45) is -0.158. The number of nitrogens with one attached hydrogen (secondary N) is 1. The van der Waals surface area contributed by atoms with Crippen LogP contribution in [0.25, 0.3) is 11.1 Å². The third-order valence-corrected chi connectivity index (χ3v) is 7.73. The maximum atomic E-state index is 13.7. The van der Waals surface area contributed by atoms with Crippen molar-refractivity contribution in [3.63, 3.8) is 0 Å². The zero-order valence-corrected chi connectivity index (χ0v) is 24.7. The summed E-state index contributed by atoms with van der Waals surface area (Å²) in [5.74, 6) is 0.0337. The number of rotatable bonds is 9. The number of hydrogen-bond acceptors (Lipinski definition) is 4. The molecule has 212 valence electrons. The first-order valence-electron chi connectivity index (χ1n) is 13.9. The maximum Gasteiger partial charge on any atom is 0.410 e. The van der Waals surface area contributed by atoms with Gasteiger partial charge in [0.15, 0.2) is 0 Å². The van der Waals surface area contributed by atoms with Gasteiger partial charge in [0.1, 0.15) is 12.2 Å². The minimum atomic E-state index is -0.631. The largest absolute Gasteiger partial charge is 0.448 e. The van der Waals surface area contributed by atoms with Gasteiger partial charge in [0.05, 0.1) is 12.6 Å². The molecule has 3 aromatic carbocycles. The quantitative estimate of drug-likeness (QED) is 0.286. The minimum absolute atomic E-state index is 0.0521. The monoisotopic (exact) mass is 562 g/mol. The van der Waals surface area contributed by atoms with Crippen LogP contribution in [0.1, 0.15) is 63.6 Å². The second kappa shape index (κ2) is 12.8. The Balaban J connectivity index is 1.55. The molecule has 7 heteroatoms. The second-order valence-corrected chi connectivity index (χ2v) is 11.8. The lowest BCUT2D eigenvalue weighted by Crippen LogP contribution is -2.50. The van der Waals surface area contributed by atoms with Gasteiger partial charge in [-0.15, -0.1) is 0 Å². The molecule has 0 aromatic heterocycles. The third kappa shape index (κ3) is 7.16. The highest BCUT2D eigenvalue weighted by molar-refractivity contribution is 6.31. The van der Waals surface area contributed by atoms with Crippen molar-refractivity contribution in [1.82, 2.24) is 10.2 Å². The molecule has 0 spiro atoms. The molecule has 1 N–H and O–H groups in total. The van der Waals surface area contributed by atoms with E-state index in [0.29, 0.717) is 5.02 Å². The number of carbonyl (C=O) groups excluding carboxylic acids is 2. The van der Waals surface area contributed by atoms with Crippen LogP contribution in [0.15, 0.2) is 72.8 Å². The van der Waals surface area contributed by atoms with Gasteiger partial charge in [0.25, 0.3) is 0 Å². The van der Waals surface area contributed by atoms with Gasteiger partial charge in [-0.25, -0.2) is 9.59 Å². The molecule has 0 saturated heterocycles. The van der Waals surface area contributed by atoms with E-state index in [4.69, 9.17) is 21.1 Å². The number of hydrogen-bond donors (Lipinski definition) is 1. The molecule has 0 bridgehead atoms. The van der Waals surface area contributed by atoms with E-state index in [1.54, 1.807) is 11.0 Å². The summed E-state index contributed by atoms with van der Waals surface area (Å²) in [6.45, 7) is 10.3. The van der Waals surface area contributed by atoms with Gasteiger partial charge in [0.2, 0.25) is 0 Å². The summed E-state index contributed by atoms with van der Waals surface area (Å²) >= 11 is 6.48. The summed E-state index contributed by atoms with van der Waals surface area (Å²) < 4.78 is 11.5. The zero-order chi connectivity index (χ0) is 28.9. The van der Waals surface area contributed by atoms with Crippen molar-refractivity contribution in [2.24, 2.45) is 5.92 Å². The number of benzene rings is 3. The van der Waals surface area contributed by atoms with Gasteiger partial charge in [0, 0.05) is 17.5 Å². The Labute approximate surface area is 242 Å². The van der Waals surface area contributed by atoms with Crippen LogP contribution in [-0.2, 0) is 16.0 Å². The number of carbonyl (C=O) groups is 2. The molecule has 1 aliphatic rings. The van der Waals surface area contributed by atoms with Gasteiger partial charge in [-0.3, -0.25) is 0 Å². The number of amides is 2. The van der Waals surface area contributed by atoms with E-state index in [9.17, 15) is 9.59 Å². The second-order valence-electron chi connectivity index (χ2n) is 11.4. The topological polar surface area (TPSA) is 67.9 Å². The van der Waals surface area contributed by atoms with Crippen molar-refractivity contribution in [2.75, 3.05) is 13.2 Å². The van der Waals surface area contributed by atoms with E-state index in [0.717, 1.165) is 23.1 Å². The average Bonchev–Trinajstić information content (AvgIpc) is 3.24. The predicted octanol–water partition coefficient (Wildman–Crippen LogP) is 8.03. The van der Waals surface area contributed by atoms with Gasteiger partial charge in [-0.05, 0) is 60.6 Å². The smallest absolute Gasteiger partial charge is 0.410 e. The van der Waals surface area contributed by atoms with E-state index in [-0.39, 0.29) is 37.6 Å². The molecule has 1 aliphatic carbocycles. The van der Waals surface area contributed by atoms with Crippen LogP contribution < -0.4 is 5.32 Å². The summed E-state index contributed by atoms with van der Waals surface area (Å²) in [4.78, 5) is 28.0. The highest BCUT2D eigenvalue weighted by Gasteiger charge is 2.31. The van der Waals surface area contributed by atoms with E-state index >= 15 is 0 Å². The first-order valence-corrected chi connectivity index (χ1v) is 14.3. The van der Waals surface area contributed by atoms with Crippen LogP contribution in [-0.4, -0.2) is 41.9 Å². The van der Waals surface area contributed by atoms with Crippen LogP contribution in [0.2, 0.25) is 5.02 Å². The van der Waals surface area contributed by atoms with Gasteiger partial charge in [-0.1, -0.05) is 98.6 Å². The lowest BCUT2D eigenvalue weighted by molar-refractivity contribution is 0.0453. The number of ether oxygens (including phenoxy) is 2. The molecule has 3 aromatic rings. The van der Waals surface area contributed by atoms with Crippen molar-refractivity contribution in [3.05, 3.63) is 94.5 Å². The standard InChI is InChI=1S/C33H39ClN2O4/c1-6-22(2)30(35-31(37)40-33(3,4)5)20-36(19-23-13-7-12-18-29(23)34)32(38)39-21-28-26-16-10-8-14-24(26)25-15-9-11-17-27(25)28/h7-18,22,28,30H,6,19-21H2,1-5H3,(H,35,37)/t22-,30+/m0/s1. The lowest BCUT2D eigenvalue weighted by Gasteiger charge is -2.32. The average molecular weight is 563 g/mol. The number of fused-ring (bicyclic) bond motifs is 3. The van der Waals surface area contributed by atoms with Crippen LogP contribution in [0, 0.1) is 5.92 Å². The first kappa shape index (κ1) is 29.5. The lowest BCUT2D eigenvalue weighted by atomic mass is 9.98. The van der Waals surface area contributed by atoms with Crippen molar-refractivity contribution in [2.45, 2.75) is 65.1 Å². The van der Waals surface area contributed by atoms with E-state index in [2.05, 4.69) is 36.5 Å². The van der Waals surface area contributed by atoms with Crippen molar-refractivity contribution in [1.29, 1.82) is 0 Å². The van der Waals surface area contributed by atoms with Gasteiger partial charge in [-0.2, -0.15) is 0 Å². The fourth-order valence-electron chi connectivity index (χ4n) is 5.07.